The topological polar surface area (TPSA) is 9.86 Å². The maximum Gasteiger partial charge on any atom is 0.181 e. The fourth-order valence-corrected chi connectivity index (χ4v) is 15.3. The van der Waals surface area contributed by atoms with Gasteiger partial charge in [0.15, 0.2) is 8.07 Å². The fraction of sp³-hybridized carbons (Fsp3) is 0. The Bertz CT molecular complexity index is 3480. The van der Waals surface area contributed by atoms with Crippen LogP contribution < -0.4 is 20.7 Å². The highest BCUT2D eigenvalue weighted by molar-refractivity contribution is 7.20. The van der Waals surface area contributed by atoms with Gasteiger partial charge in [0.1, 0.15) is 0 Å². The van der Waals surface area contributed by atoms with Gasteiger partial charge < -0.3 is 9.13 Å². The van der Waals surface area contributed by atoms with Crippen LogP contribution in [0.2, 0.25) is 0 Å². The predicted molar refractivity (Wildman–Crippen MR) is 270 cm³/mol. The monoisotopic (exact) mass is 818 g/mol. The highest BCUT2D eigenvalue weighted by Gasteiger charge is 2.43. The van der Waals surface area contributed by atoms with Gasteiger partial charge in [-0.25, -0.2) is 0 Å². The number of hydrogen-bond acceptors (Lipinski definition) is 0. The molecule has 0 unspecified atom stereocenters. The molecule has 2 aromatic heterocycles. The zero-order valence-electron chi connectivity index (χ0n) is 34.6. The second-order valence-corrected chi connectivity index (χ2v) is 20.2. The molecule has 0 atom stereocenters. The lowest BCUT2D eigenvalue weighted by Crippen LogP contribution is -2.75. The standard InChI is InChI=1S/C60H42N2Si/c1-6-21-43(22-7-1)44-37-39-46(40-38-44)61-56-35-19-17-32-53(56)59-54(45-23-8-2-9-24-45)41-47(42-57(59)61)62-55-34-18-16-31-51(55)52-33-20-36-58(60(52)62)63(48-25-10-3-11-26-48,49-27-12-4-13-28-49)50-29-14-5-15-30-50/h1-42H. The first-order valence-electron chi connectivity index (χ1n) is 21.8. The summed E-state index contributed by atoms with van der Waals surface area (Å²) in [6.45, 7) is 0. The minimum absolute atomic E-state index is 1.13. The Morgan fingerprint density at radius 2 is 0.746 bits per heavy atom. The SMILES string of the molecule is c1ccc(-c2ccc(-n3c4ccccc4c4c(-c5ccccc5)cc(-n5c6ccccc6c6cccc([Si](c7ccccc7)(c7ccccc7)c7ccccc7)c65)cc43)cc2)cc1. The van der Waals surface area contributed by atoms with Crippen LogP contribution in [0.25, 0.3) is 77.2 Å². The molecule has 0 spiro atoms. The maximum atomic E-state index is 2.59. The molecule has 296 valence electrons. The van der Waals surface area contributed by atoms with E-state index in [-0.39, 0.29) is 0 Å². The van der Waals surface area contributed by atoms with Crippen molar-refractivity contribution in [2.45, 2.75) is 0 Å². The van der Waals surface area contributed by atoms with Crippen molar-refractivity contribution in [3.05, 3.63) is 255 Å². The van der Waals surface area contributed by atoms with Gasteiger partial charge in [-0.2, -0.15) is 0 Å². The van der Waals surface area contributed by atoms with Gasteiger partial charge in [-0.3, -0.25) is 0 Å². The summed E-state index contributed by atoms with van der Waals surface area (Å²) in [5.41, 5.74) is 11.8. The molecular weight excluding hydrogens is 777 g/mol. The van der Waals surface area contributed by atoms with Gasteiger partial charge in [-0.15, -0.1) is 0 Å². The number of hydrogen-bond donors (Lipinski definition) is 0. The number of benzene rings is 10. The number of fused-ring (bicyclic) bond motifs is 6. The van der Waals surface area contributed by atoms with Crippen LogP contribution in [0.3, 0.4) is 0 Å². The van der Waals surface area contributed by atoms with E-state index in [4.69, 9.17) is 0 Å². The first-order chi connectivity index (χ1) is 31.3. The van der Waals surface area contributed by atoms with Gasteiger partial charge in [-0.05, 0) is 79.4 Å². The average molecular weight is 819 g/mol. The summed E-state index contributed by atoms with van der Waals surface area (Å²) in [6.07, 6.45) is 0. The third-order valence-electron chi connectivity index (χ3n) is 13.1. The van der Waals surface area contributed by atoms with Crippen molar-refractivity contribution in [1.29, 1.82) is 0 Å². The summed E-state index contributed by atoms with van der Waals surface area (Å²) in [5, 5.41) is 10.4. The summed E-state index contributed by atoms with van der Waals surface area (Å²) in [5.74, 6) is 0. The molecule has 0 fully saturated rings. The van der Waals surface area contributed by atoms with Crippen molar-refractivity contribution in [3.8, 4) is 33.6 Å². The summed E-state index contributed by atoms with van der Waals surface area (Å²) in [6, 6.07) is 94.4. The van der Waals surface area contributed by atoms with Gasteiger partial charge in [-0.1, -0.05) is 218 Å². The lowest BCUT2D eigenvalue weighted by atomic mass is 9.98. The molecule has 12 rings (SSSR count). The van der Waals surface area contributed by atoms with E-state index in [1.54, 1.807) is 0 Å². The second-order valence-electron chi connectivity index (χ2n) is 16.4. The quantitative estimate of drug-likeness (QED) is 0.107. The molecule has 63 heavy (non-hydrogen) atoms. The van der Waals surface area contributed by atoms with Crippen molar-refractivity contribution in [3.63, 3.8) is 0 Å². The Kier molecular flexibility index (Phi) is 8.87. The van der Waals surface area contributed by atoms with Gasteiger partial charge in [0, 0.05) is 32.9 Å². The Balaban J connectivity index is 1.23. The molecule has 0 saturated carbocycles. The zero-order valence-corrected chi connectivity index (χ0v) is 35.6. The molecule has 2 nitrogen and oxygen atoms in total. The average Bonchev–Trinajstić information content (AvgIpc) is 3.89. The van der Waals surface area contributed by atoms with Crippen LogP contribution in [-0.4, -0.2) is 17.2 Å². The number of aromatic nitrogens is 2. The van der Waals surface area contributed by atoms with Crippen molar-refractivity contribution in [1.82, 2.24) is 9.13 Å². The molecule has 0 N–H and O–H groups in total. The third kappa shape index (κ3) is 5.85. The minimum Gasteiger partial charge on any atom is -0.309 e. The predicted octanol–water partition coefficient (Wildman–Crippen LogP) is 12.6. The van der Waals surface area contributed by atoms with Crippen LogP contribution in [-0.2, 0) is 0 Å². The molecule has 0 radical (unpaired) electrons. The first kappa shape index (κ1) is 36.8. The van der Waals surface area contributed by atoms with E-state index in [1.807, 2.05) is 0 Å². The molecule has 0 aliphatic rings. The number of para-hydroxylation sites is 3. The lowest BCUT2D eigenvalue weighted by molar-refractivity contribution is 1.16. The lowest BCUT2D eigenvalue weighted by Gasteiger charge is -2.35. The van der Waals surface area contributed by atoms with Crippen LogP contribution in [0, 0.1) is 0 Å². The van der Waals surface area contributed by atoms with Crippen molar-refractivity contribution >= 4 is 72.4 Å². The largest absolute Gasteiger partial charge is 0.309 e. The third-order valence-corrected chi connectivity index (χ3v) is 17.9. The van der Waals surface area contributed by atoms with E-state index in [9.17, 15) is 0 Å². The molecule has 0 aliphatic heterocycles. The fourth-order valence-electron chi connectivity index (χ4n) is 10.4. The molecule has 12 aromatic rings. The highest BCUT2D eigenvalue weighted by Crippen LogP contribution is 2.42. The van der Waals surface area contributed by atoms with Crippen LogP contribution in [0.5, 0.6) is 0 Å². The molecule has 2 heterocycles. The van der Waals surface area contributed by atoms with Crippen molar-refractivity contribution in [2.75, 3.05) is 0 Å². The van der Waals surface area contributed by atoms with Crippen molar-refractivity contribution in [2.24, 2.45) is 0 Å². The van der Waals surface area contributed by atoms with Crippen LogP contribution in [0.15, 0.2) is 255 Å². The second kappa shape index (κ2) is 15.2. The first-order valence-corrected chi connectivity index (χ1v) is 23.8. The number of rotatable bonds is 8. The van der Waals surface area contributed by atoms with Gasteiger partial charge >= 0.3 is 0 Å². The van der Waals surface area contributed by atoms with Gasteiger partial charge in [0.05, 0.1) is 22.1 Å². The molecule has 0 saturated heterocycles. The summed E-state index contributed by atoms with van der Waals surface area (Å²) < 4.78 is 5.06. The normalized spacial score (nSPS) is 11.8. The Labute approximate surface area is 368 Å². The van der Waals surface area contributed by atoms with E-state index in [0.717, 1.165) is 11.4 Å². The summed E-state index contributed by atoms with van der Waals surface area (Å²) >= 11 is 0. The Hall–Kier alpha value is -7.98. The van der Waals surface area contributed by atoms with E-state index in [2.05, 4.69) is 264 Å². The highest BCUT2D eigenvalue weighted by atomic mass is 28.3. The Morgan fingerprint density at radius 3 is 1.33 bits per heavy atom. The molecule has 0 amide bonds. The van der Waals surface area contributed by atoms with E-state index in [1.165, 1.54) is 86.6 Å². The minimum atomic E-state index is -2.97. The zero-order chi connectivity index (χ0) is 41.7. The Morgan fingerprint density at radius 1 is 0.286 bits per heavy atom. The van der Waals surface area contributed by atoms with Crippen molar-refractivity contribution < 1.29 is 0 Å². The molecule has 0 bridgehead atoms. The van der Waals surface area contributed by atoms with E-state index >= 15 is 0 Å². The van der Waals surface area contributed by atoms with E-state index < -0.39 is 8.07 Å². The molecule has 0 aliphatic carbocycles. The number of nitrogens with zero attached hydrogens (tertiary/aromatic N) is 2. The molecule has 3 heteroatoms. The summed E-state index contributed by atoms with van der Waals surface area (Å²) in [7, 11) is -2.97. The van der Waals surface area contributed by atoms with Gasteiger partial charge in [0.25, 0.3) is 0 Å². The molecule has 10 aromatic carbocycles. The molecular formula is C60H42N2Si. The summed E-state index contributed by atoms with van der Waals surface area (Å²) in [4.78, 5) is 0. The van der Waals surface area contributed by atoms with E-state index in [0.29, 0.717) is 0 Å². The van der Waals surface area contributed by atoms with Gasteiger partial charge in [0.2, 0.25) is 0 Å². The van der Waals surface area contributed by atoms with Crippen LogP contribution in [0.4, 0.5) is 0 Å². The van der Waals surface area contributed by atoms with Crippen LogP contribution >= 0.6 is 0 Å². The smallest absolute Gasteiger partial charge is 0.181 e. The van der Waals surface area contributed by atoms with Crippen LogP contribution in [0.1, 0.15) is 0 Å². The maximum absolute atomic E-state index is 2.97.